The van der Waals surface area contributed by atoms with Crippen LogP contribution in [0.25, 0.3) is 11.2 Å². The number of hydrogen-bond donors (Lipinski definition) is 1. The third-order valence-electron chi connectivity index (χ3n) is 5.31. The molecular weight excluding hydrogens is 480 g/mol. The molecule has 0 spiro atoms. The molecular formula is C22H17Cl2F3N4O2. The van der Waals surface area contributed by atoms with E-state index in [9.17, 15) is 22.8 Å². The van der Waals surface area contributed by atoms with Gasteiger partial charge >= 0.3 is 11.9 Å². The number of nitrogens with one attached hydrogen (secondary N) is 1. The maximum Gasteiger partial charge on any atom is 0.417 e. The van der Waals surface area contributed by atoms with E-state index < -0.39 is 23.0 Å². The number of fused-ring (bicyclic) bond motifs is 1. The Morgan fingerprint density at radius 1 is 1.00 bits per heavy atom. The van der Waals surface area contributed by atoms with Crippen LogP contribution in [-0.2, 0) is 32.6 Å². The minimum Gasteiger partial charge on any atom is -0.318 e. The molecule has 0 bridgehead atoms. The van der Waals surface area contributed by atoms with E-state index in [1.165, 1.54) is 23.7 Å². The van der Waals surface area contributed by atoms with Crippen LogP contribution in [-0.4, -0.2) is 19.1 Å². The molecule has 0 aliphatic heterocycles. The number of alkyl halides is 3. The highest BCUT2D eigenvalue weighted by atomic mass is 35.5. The Kier molecular flexibility index (Phi) is 6.11. The Balaban J connectivity index is 1.76. The molecule has 4 rings (SSSR count). The van der Waals surface area contributed by atoms with Gasteiger partial charge in [-0.1, -0.05) is 41.4 Å². The molecule has 6 nitrogen and oxygen atoms in total. The second kappa shape index (κ2) is 8.72. The molecule has 0 saturated carbocycles. The number of aromatic amines is 1. The molecule has 0 saturated heterocycles. The van der Waals surface area contributed by atoms with Gasteiger partial charge in [-0.05, 0) is 41.8 Å². The van der Waals surface area contributed by atoms with Crippen LogP contribution < -0.4 is 11.2 Å². The smallest absolute Gasteiger partial charge is 0.318 e. The predicted octanol–water partition coefficient (Wildman–Crippen LogP) is 4.58. The second-order valence-electron chi connectivity index (χ2n) is 7.54. The number of halogens is 5. The van der Waals surface area contributed by atoms with Crippen LogP contribution in [0.3, 0.4) is 0 Å². The fraction of sp³-hybridized carbons (Fsp3) is 0.227. The SMILES string of the molecule is Cn1c(=O)[nH]c(=O)c2c1nc(CCc1ccc(Cl)c(C(F)(F)F)c1)n2Cc1ccc(Cl)cc1. The van der Waals surface area contributed by atoms with Gasteiger partial charge in [-0.25, -0.2) is 9.78 Å². The summed E-state index contributed by atoms with van der Waals surface area (Å²) in [5.74, 6) is 0.454. The Labute approximate surface area is 195 Å². The van der Waals surface area contributed by atoms with Gasteiger partial charge in [0.15, 0.2) is 11.2 Å². The van der Waals surface area contributed by atoms with Crippen molar-refractivity contribution in [2.45, 2.75) is 25.6 Å². The second-order valence-corrected chi connectivity index (χ2v) is 8.39. The van der Waals surface area contributed by atoms with Crippen molar-refractivity contribution in [2.75, 3.05) is 0 Å². The molecule has 4 aromatic rings. The van der Waals surface area contributed by atoms with Gasteiger partial charge in [-0.15, -0.1) is 0 Å². The van der Waals surface area contributed by atoms with E-state index in [0.29, 0.717) is 16.4 Å². The van der Waals surface area contributed by atoms with Gasteiger partial charge in [-0.3, -0.25) is 14.3 Å². The highest BCUT2D eigenvalue weighted by Gasteiger charge is 2.33. The first-order valence-corrected chi connectivity index (χ1v) is 10.6. The third kappa shape index (κ3) is 4.69. The van der Waals surface area contributed by atoms with Crippen molar-refractivity contribution in [3.05, 3.63) is 95.9 Å². The van der Waals surface area contributed by atoms with Gasteiger partial charge < -0.3 is 4.57 Å². The van der Waals surface area contributed by atoms with Crippen LogP contribution in [0, 0.1) is 0 Å². The minimum absolute atomic E-state index is 0.194. The van der Waals surface area contributed by atoms with Gasteiger partial charge in [0.05, 0.1) is 10.6 Å². The maximum absolute atomic E-state index is 13.2. The van der Waals surface area contributed by atoms with Crippen molar-refractivity contribution in [2.24, 2.45) is 7.05 Å². The number of H-pyrrole nitrogens is 1. The van der Waals surface area contributed by atoms with Crippen molar-refractivity contribution in [3.63, 3.8) is 0 Å². The molecule has 2 heterocycles. The number of hydrogen-bond acceptors (Lipinski definition) is 3. The minimum atomic E-state index is -4.57. The first-order chi connectivity index (χ1) is 15.5. The lowest BCUT2D eigenvalue weighted by atomic mass is 10.1. The van der Waals surface area contributed by atoms with E-state index in [4.69, 9.17) is 23.2 Å². The summed E-state index contributed by atoms with van der Waals surface area (Å²) >= 11 is 11.7. The van der Waals surface area contributed by atoms with Crippen LogP contribution in [0.5, 0.6) is 0 Å². The molecule has 0 radical (unpaired) electrons. The third-order valence-corrected chi connectivity index (χ3v) is 5.90. The highest BCUT2D eigenvalue weighted by Crippen LogP contribution is 2.35. The lowest BCUT2D eigenvalue weighted by molar-refractivity contribution is -0.137. The van der Waals surface area contributed by atoms with Crippen LogP contribution in [0.4, 0.5) is 13.2 Å². The fourth-order valence-electron chi connectivity index (χ4n) is 3.61. The van der Waals surface area contributed by atoms with Crippen molar-refractivity contribution >= 4 is 34.4 Å². The molecule has 33 heavy (non-hydrogen) atoms. The normalized spacial score (nSPS) is 11.9. The molecule has 0 unspecified atom stereocenters. The monoisotopic (exact) mass is 496 g/mol. The largest absolute Gasteiger partial charge is 0.417 e. The summed E-state index contributed by atoms with van der Waals surface area (Å²) < 4.78 is 42.5. The Bertz CT molecular complexity index is 1450. The van der Waals surface area contributed by atoms with Crippen molar-refractivity contribution in [3.8, 4) is 0 Å². The zero-order valence-corrected chi connectivity index (χ0v) is 18.7. The lowest BCUT2D eigenvalue weighted by Crippen LogP contribution is -2.29. The first-order valence-electron chi connectivity index (χ1n) is 9.83. The molecule has 0 aliphatic rings. The molecule has 2 aromatic carbocycles. The summed E-state index contributed by atoms with van der Waals surface area (Å²) in [6.45, 7) is 0.263. The summed E-state index contributed by atoms with van der Waals surface area (Å²) in [5.41, 5.74) is -0.461. The average Bonchev–Trinajstić information content (AvgIpc) is 3.11. The number of rotatable bonds is 5. The van der Waals surface area contributed by atoms with Crippen molar-refractivity contribution in [1.82, 2.24) is 19.1 Å². The molecule has 172 valence electrons. The van der Waals surface area contributed by atoms with Crippen LogP contribution in [0.15, 0.2) is 52.1 Å². The quantitative estimate of drug-likeness (QED) is 0.439. The highest BCUT2D eigenvalue weighted by molar-refractivity contribution is 6.31. The van der Waals surface area contributed by atoms with Gasteiger partial charge in [0.2, 0.25) is 0 Å². The molecule has 0 amide bonds. The van der Waals surface area contributed by atoms with Crippen LogP contribution in [0.1, 0.15) is 22.5 Å². The van der Waals surface area contributed by atoms with Gasteiger partial charge in [0, 0.05) is 25.0 Å². The summed E-state index contributed by atoms with van der Waals surface area (Å²) in [5, 5.41) is 0.181. The molecule has 0 atom stereocenters. The van der Waals surface area contributed by atoms with E-state index in [1.54, 1.807) is 28.8 Å². The predicted molar refractivity (Wildman–Crippen MR) is 120 cm³/mol. The molecule has 11 heteroatoms. The lowest BCUT2D eigenvalue weighted by Gasteiger charge is -2.12. The first kappa shape index (κ1) is 23.1. The van der Waals surface area contributed by atoms with Gasteiger partial charge in [0.25, 0.3) is 5.56 Å². The van der Waals surface area contributed by atoms with E-state index in [0.717, 1.165) is 11.6 Å². The van der Waals surface area contributed by atoms with Crippen molar-refractivity contribution < 1.29 is 13.2 Å². The summed E-state index contributed by atoms with van der Waals surface area (Å²) in [4.78, 5) is 31.4. The van der Waals surface area contributed by atoms with E-state index in [-0.39, 0.29) is 35.6 Å². The summed E-state index contributed by atoms with van der Waals surface area (Å²) in [6.07, 6.45) is -4.12. The summed E-state index contributed by atoms with van der Waals surface area (Å²) in [6, 6.07) is 10.8. The van der Waals surface area contributed by atoms with E-state index in [2.05, 4.69) is 9.97 Å². The molecule has 0 fully saturated rings. The number of benzene rings is 2. The van der Waals surface area contributed by atoms with Crippen LogP contribution >= 0.6 is 23.2 Å². The Hall–Kier alpha value is -3.04. The van der Waals surface area contributed by atoms with Crippen LogP contribution in [0.2, 0.25) is 10.0 Å². The topological polar surface area (TPSA) is 72.7 Å². The Morgan fingerprint density at radius 3 is 2.33 bits per heavy atom. The zero-order valence-electron chi connectivity index (χ0n) is 17.2. The summed E-state index contributed by atoms with van der Waals surface area (Å²) in [7, 11) is 1.48. The number of aryl methyl sites for hydroxylation is 3. The number of imidazole rings is 1. The van der Waals surface area contributed by atoms with Crippen molar-refractivity contribution in [1.29, 1.82) is 0 Å². The van der Waals surface area contributed by atoms with E-state index >= 15 is 0 Å². The van der Waals surface area contributed by atoms with Gasteiger partial charge in [0.1, 0.15) is 5.82 Å². The zero-order chi connectivity index (χ0) is 23.9. The number of nitrogens with zero attached hydrogens (tertiary/aromatic N) is 3. The van der Waals surface area contributed by atoms with Gasteiger partial charge in [-0.2, -0.15) is 13.2 Å². The fourth-order valence-corrected chi connectivity index (χ4v) is 3.97. The average molecular weight is 497 g/mol. The van der Waals surface area contributed by atoms with E-state index in [1.807, 2.05) is 0 Å². The Morgan fingerprint density at radius 2 is 1.67 bits per heavy atom. The standard InChI is InChI=1S/C22H17Cl2F3N4O2/c1-30-19-18(20(32)29-21(30)33)31(11-13-2-6-14(23)7-3-13)17(28-19)9-5-12-4-8-16(24)15(10-12)22(25,26)27/h2-4,6-8,10H,5,9,11H2,1H3,(H,29,32,33). The molecule has 0 aliphatic carbocycles. The number of aromatic nitrogens is 4. The molecule has 1 N–H and O–H groups in total. The molecule has 2 aromatic heterocycles. The maximum atomic E-state index is 13.2.